The van der Waals surface area contributed by atoms with E-state index in [1.54, 1.807) is 0 Å². The van der Waals surface area contributed by atoms with E-state index in [0.717, 1.165) is 10.2 Å². The summed E-state index contributed by atoms with van der Waals surface area (Å²) < 4.78 is 57.4. The summed E-state index contributed by atoms with van der Waals surface area (Å²) in [5.74, 6) is -0.571. The molecule has 0 aliphatic carbocycles. The summed E-state index contributed by atoms with van der Waals surface area (Å²) in [6.07, 6.45) is 1.43. The predicted octanol–water partition coefficient (Wildman–Crippen LogP) is -0.103. The van der Waals surface area contributed by atoms with E-state index in [-0.39, 0.29) is 46.2 Å². The lowest BCUT2D eigenvalue weighted by Gasteiger charge is -2.51. The van der Waals surface area contributed by atoms with Crippen LogP contribution in [-0.4, -0.2) is 125 Å². The zero-order chi connectivity index (χ0) is 26.1. The summed E-state index contributed by atoms with van der Waals surface area (Å²) in [6.45, 7) is 8.16. The molecule has 0 aromatic rings. The Balaban J connectivity index is 6.87. The van der Waals surface area contributed by atoms with Crippen molar-refractivity contribution < 1.29 is 51.2 Å². The van der Waals surface area contributed by atoms with Gasteiger partial charge in [-0.25, -0.2) is 4.79 Å². The fraction of sp³-hybridized carbons (Fsp3) is 0.762. The van der Waals surface area contributed by atoms with E-state index in [1.807, 2.05) is 0 Å². The van der Waals surface area contributed by atoms with Crippen LogP contribution in [0.15, 0.2) is 24.8 Å². The third kappa shape index (κ3) is 8.03. The number of carbonyl (C=O) groups is 1. The van der Waals surface area contributed by atoms with Gasteiger partial charge in [-0.15, -0.1) is 0 Å². The van der Waals surface area contributed by atoms with Gasteiger partial charge in [0.2, 0.25) is 0 Å². The molecule has 0 rings (SSSR count). The van der Waals surface area contributed by atoms with E-state index in [4.69, 9.17) is 46.4 Å². The van der Waals surface area contributed by atoms with E-state index >= 15 is 0 Å². The zero-order valence-corrected chi connectivity index (χ0v) is 24.6. The highest BCUT2D eigenvalue weighted by Crippen LogP contribution is 2.42. The fourth-order valence-electron chi connectivity index (χ4n) is 3.12. The highest BCUT2D eigenvalue weighted by molar-refractivity contribution is 6.64. The second-order valence-electron chi connectivity index (χ2n) is 6.94. The van der Waals surface area contributed by atoms with Gasteiger partial charge in [0, 0.05) is 58.5 Å². The lowest BCUT2D eigenvalue weighted by atomic mass is 10.0. The van der Waals surface area contributed by atoms with Gasteiger partial charge in [0.25, 0.3) is 5.41 Å². The van der Waals surface area contributed by atoms with Gasteiger partial charge >= 0.3 is 14.8 Å². The number of ether oxygens (including phenoxy) is 7. The number of carbonyl (C=O) groups excluding carboxylic acids is 1. The van der Waals surface area contributed by atoms with Crippen molar-refractivity contribution in [1.29, 1.82) is 0 Å². The van der Waals surface area contributed by atoms with Crippen LogP contribution in [0.25, 0.3) is 0 Å². The molecule has 0 saturated heterocycles. The van der Waals surface area contributed by atoms with E-state index in [1.165, 1.54) is 48.7 Å². The van der Waals surface area contributed by atoms with Crippen molar-refractivity contribution in [2.24, 2.45) is 0 Å². The smallest absolute Gasteiger partial charge is 0.459 e. The molecule has 34 heavy (non-hydrogen) atoms. The first-order valence-electron chi connectivity index (χ1n) is 10.8. The minimum atomic E-state index is -3.92. The molecule has 11 nitrogen and oxygen atoms in total. The van der Waals surface area contributed by atoms with Crippen molar-refractivity contribution in [3.63, 3.8) is 0 Å². The number of methoxy groups -OCH3 is 3. The molecule has 0 bridgehead atoms. The first-order valence-corrected chi connectivity index (χ1v) is 14.0. The average molecular weight is 527 g/mol. The van der Waals surface area contributed by atoms with Crippen molar-refractivity contribution in [2.75, 3.05) is 88.9 Å². The molecule has 1 atom stereocenters. The van der Waals surface area contributed by atoms with Crippen LogP contribution in [0, 0.1) is 0 Å². The van der Waals surface area contributed by atoms with Crippen LogP contribution in [0.2, 0.25) is 6.04 Å². The Hall–Kier alpha value is -0.976. The SMILES string of the molecule is C=CC(COC(=O)C(=C)C[SiH3])(OCCOC)C(OCCOC)(OCCOC)[Si](OC)(OC)OC. The predicted molar refractivity (Wildman–Crippen MR) is 131 cm³/mol. The molecule has 0 aromatic heterocycles. The van der Waals surface area contributed by atoms with Crippen LogP contribution in [0.4, 0.5) is 0 Å². The van der Waals surface area contributed by atoms with Gasteiger partial charge in [0.15, 0.2) is 5.60 Å². The van der Waals surface area contributed by atoms with Crippen molar-refractivity contribution in [1.82, 2.24) is 0 Å². The van der Waals surface area contributed by atoms with E-state index in [2.05, 4.69) is 13.2 Å². The summed E-state index contributed by atoms with van der Waals surface area (Å²) in [4.78, 5) is 12.6. The van der Waals surface area contributed by atoms with Crippen LogP contribution < -0.4 is 0 Å². The Bertz CT molecular complexity index is 583. The quantitative estimate of drug-likeness (QED) is 0.0471. The third-order valence-corrected chi connectivity index (χ3v) is 9.05. The Morgan fingerprint density at radius 1 is 0.824 bits per heavy atom. The molecule has 13 heteroatoms. The summed E-state index contributed by atoms with van der Waals surface area (Å²) >= 11 is 0. The van der Waals surface area contributed by atoms with Crippen LogP contribution in [0.3, 0.4) is 0 Å². The maximum Gasteiger partial charge on any atom is 0.566 e. The zero-order valence-electron chi connectivity index (χ0n) is 21.6. The molecule has 0 heterocycles. The normalized spacial score (nSPS) is 14.1. The Kier molecular flexibility index (Phi) is 17.0. The molecule has 0 N–H and O–H groups in total. The van der Waals surface area contributed by atoms with Crippen LogP contribution in [-0.2, 0) is 51.2 Å². The Morgan fingerprint density at radius 2 is 1.26 bits per heavy atom. The maximum absolute atomic E-state index is 12.6. The molecule has 0 fully saturated rings. The molecule has 0 radical (unpaired) electrons. The van der Waals surface area contributed by atoms with Crippen LogP contribution >= 0.6 is 0 Å². The first-order chi connectivity index (χ1) is 16.3. The van der Waals surface area contributed by atoms with Crippen LogP contribution in [0.5, 0.6) is 0 Å². The number of hydrogen-bond acceptors (Lipinski definition) is 11. The average Bonchev–Trinajstić information content (AvgIpc) is 2.86. The molecular formula is C21H42O11Si2. The number of rotatable bonds is 22. The second kappa shape index (κ2) is 17.5. The molecule has 0 amide bonds. The minimum absolute atomic E-state index is 0.0404. The minimum Gasteiger partial charge on any atom is -0.459 e. The molecule has 200 valence electrons. The Morgan fingerprint density at radius 3 is 1.62 bits per heavy atom. The fourth-order valence-corrected chi connectivity index (χ4v) is 6.04. The topological polar surface area (TPSA) is 109 Å². The van der Waals surface area contributed by atoms with E-state index < -0.39 is 25.8 Å². The van der Waals surface area contributed by atoms with Gasteiger partial charge < -0.3 is 46.4 Å². The molecule has 0 aliphatic heterocycles. The van der Waals surface area contributed by atoms with Gasteiger partial charge in [-0.1, -0.05) is 19.2 Å². The lowest BCUT2D eigenvalue weighted by molar-refractivity contribution is -0.310. The number of esters is 1. The van der Waals surface area contributed by atoms with Gasteiger partial charge in [-0.2, -0.15) is 0 Å². The van der Waals surface area contributed by atoms with Gasteiger partial charge in [0.05, 0.1) is 39.6 Å². The molecule has 1 unspecified atom stereocenters. The van der Waals surface area contributed by atoms with E-state index in [0.29, 0.717) is 11.6 Å². The molecule has 0 spiro atoms. The first kappa shape index (κ1) is 33.0. The summed E-state index contributed by atoms with van der Waals surface area (Å²) in [5.41, 5.74) is -3.18. The van der Waals surface area contributed by atoms with Gasteiger partial charge in [-0.3, -0.25) is 0 Å². The highest BCUT2D eigenvalue weighted by Gasteiger charge is 2.74. The Labute approximate surface area is 207 Å². The van der Waals surface area contributed by atoms with E-state index in [9.17, 15) is 4.79 Å². The van der Waals surface area contributed by atoms with Crippen molar-refractivity contribution >= 4 is 25.0 Å². The summed E-state index contributed by atoms with van der Waals surface area (Å²) in [6, 6.07) is 0.553. The molecule has 0 saturated carbocycles. The highest BCUT2D eigenvalue weighted by atomic mass is 28.4. The van der Waals surface area contributed by atoms with Gasteiger partial charge in [-0.05, 0) is 6.04 Å². The lowest BCUT2D eigenvalue weighted by Crippen LogP contribution is -2.78. The van der Waals surface area contributed by atoms with Crippen molar-refractivity contribution in [3.05, 3.63) is 24.8 Å². The monoisotopic (exact) mass is 526 g/mol. The largest absolute Gasteiger partial charge is 0.566 e. The van der Waals surface area contributed by atoms with Crippen molar-refractivity contribution in [2.45, 2.75) is 17.1 Å². The van der Waals surface area contributed by atoms with Crippen molar-refractivity contribution in [3.8, 4) is 0 Å². The van der Waals surface area contributed by atoms with Gasteiger partial charge in [0.1, 0.15) is 6.61 Å². The molecular weight excluding hydrogens is 484 g/mol. The maximum atomic E-state index is 12.6. The van der Waals surface area contributed by atoms with Crippen LogP contribution in [0.1, 0.15) is 0 Å². The summed E-state index contributed by atoms with van der Waals surface area (Å²) in [5, 5.41) is 0. The summed E-state index contributed by atoms with van der Waals surface area (Å²) in [7, 11) is 5.66. The third-order valence-electron chi connectivity index (χ3n) is 5.06. The standard InChI is InChI=1S/C21H42O11Si2/c1-9-20(30-13-10-23-3,17-29-19(22)18(2)16-33)21(31-14-11-24-4,32-15-12-25-5)34(26-6,27-7)28-8/h9H,1-2,10-17H2,3-8,33H3. The second-order valence-corrected chi connectivity index (χ2v) is 10.6. The molecule has 0 aromatic carbocycles. The number of hydrogen-bond donors (Lipinski definition) is 0. The molecule has 0 aliphatic rings.